The Morgan fingerprint density at radius 3 is 2.51 bits per heavy atom. The molecule has 37 heavy (non-hydrogen) atoms. The Labute approximate surface area is 216 Å². The van der Waals surface area contributed by atoms with Crippen LogP contribution in [0.2, 0.25) is 0 Å². The van der Waals surface area contributed by atoms with Gasteiger partial charge in [0.2, 0.25) is 18.3 Å². The van der Waals surface area contributed by atoms with Crippen LogP contribution in [0.5, 0.6) is 28.7 Å². The summed E-state index contributed by atoms with van der Waals surface area (Å²) in [6.07, 6.45) is 0.569. The number of methoxy groups -OCH3 is 3. The van der Waals surface area contributed by atoms with Crippen molar-refractivity contribution in [1.29, 1.82) is 0 Å². The Hall–Kier alpha value is -3.46. The van der Waals surface area contributed by atoms with Crippen molar-refractivity contribution in [3.05, 3.63) is 76.3 Å². The van der Waals surface area contributed by atoms with Gasteiger partial charge in [-0.3, -0.25) is 4.90 Å². The molecule has 0 aliphatic carbocycles. The summed E-state index contributed by atoms with van der Waals surface area (Å²) in [6, 6.07) is 15.4. The Morgan fingerprint density at radius 2 is 1.78 bits per heavy atom. The summed E-state index contributed by atoms with van der Waals surface area (Å²) in [7, 11) is 6.88. The minimum Gasteiger partial charge on any atom is -0.493 e. The van der Waals surface area contributed by atoms with Gasteiger partial charge in [-0.1, -0.05) is 36.4 Å². The lowest BCUT2D eigenvalue weighted by molar-refractivity contribution is -0.234. The quantitative estimate of drug-likeness (QED) is 0.536. The fraction of sp³-hybridized carbons (Fsp3) is 0.379. The van der Waals surface area contributed by atoms with Crippen molar-refractivity contribution in [2.24, 2.45) is 0 Å². The van der Waals surface area contributed by atoms with E-state index in [0.29, 0.717) is 34.3 Å². The zero-order valence-corrected chi connectivity index (χ0v) is 21.4. The van der Waals surface area contributed by atoms with Gasteiger partial charge in [0.1, 0.15) is 6.10 Å². The van der Waals surface area contributed by atoms with Crippen molar-refractivity contribution in [3.8, 4) is 28.7 Å². The number of hydrogen-bond donors (Lipinski definition) is 1. The molecule has 8 nitrogen and oxygen atoms in total. The zero-order chi connectivity index (χ0) is 25.7. The Morgan fingerprint density at radius 1 is 1.00 bits per heavy atom. The van der Waals surface area contributed by atoms with Crippen LogP contribution in [0.15, 0.2) is 48.5 Å². The molecule has 0 saturated heterocycles. The third-order valence-electron chi connectivity index (χ3n) is 7.62. The molecule has 0 unspecified atom stereocenters. The molecular formula is C29H31NO7. The van der Waals surface area contributed by atoms with E-state index in [1.165, 1.54) is 0 Å². The molecule has 3 heterocycles. The molecule has 0 amide bonds. The van der Waals surface area contributed by atoms with Crippen LogP contribution in [0.3, 0.4) is 0 Å². The highest BCUT2D eigenvalue weighted by Gasteiger charge is 2.52. The molecular weight excluding hydrogens is 474 g/mol. The number of ether oxygens (including phenoxy) is 6. The van der Waals surface area contributed by atoms with Crippen molar-refractivity contribution >= 4 is 0 Å². The van der Waals surface area contributed by atoms with E-state index in [0.717, 1.165) is 35.2 Å². The topological polar surface area (TPSA) is 78.9 Å². The van der Waals surface area contributed by atoms with Crippen LogP contribution in [0.1, 0.15) is 40.0 Å². The highest BCUT2D eigenvalue weighted by molar-refractivity contribution is 5.63. The van der Waals surface area contributed by atoms with E-state index in [1.807, 2.05) is 48.5 Å². The largest absolute Gasteiger partial charge is 0.493 e. The van der Waals surface area contributed by atoms with Crippen LogP contribution >= 0.6 is 0 Å². The van der Waals surface area contributed by atoms with Crippen LogP contribution in [0.4, 0.5) is 0 Å². The molecule has 3 aliphatic heterocycles. The van der Waals surface area contributed by atoms with E-state index < -0.39 is 11.9 Å². The number of fused-ring (bicyclic) bond motifs is 3. The Balaban J connectivity index is 1.53. The minimum absolute atomic E-state index is 0.158. The Bertz CT molecular complexity index is 1330. The maximum Gasteiger partial charge on any atom is 0.231 e. The summed E-state index contributed by atoms with van der Waals surface area (Å²) in [5.74, 6) is 1.31. The number of rotatable bonds is 6. The van der Waals surface area contributed by atoms with Crippen LogP contribution in [0.25, 0.3) is 0 Å². The SMILES string of the molecule is COc1ccc2c(c1OC)[C@@](O)(Cc1ccccc1)O[C@@H]2[C@H]1c2c(cc3c(c2OC)OCO3)CCN1C. The van der Waals surface area contributed by atoms with E-state index in [9.17, 15) is 5.11 Å². The van der Waals surface area contributed by atoms with Gasteiger partial charge in [0.15, 0.2) is 23.0 Å². The van der Waals surface area contributed by atoms with Crippen molar-refractivity contribution in [2.75, 3.05) is 41.7 Å². The molecule has 0 radical (unpaired) electrons. The zero-order valence-electron chi connectivity index (χ0n) is 21.4. The van der Waals surface area contributed by atoms with Crippen molar-refractivity contribution in [1.82, 2.24) is 4.90 Å². The summed E-state index contributed by atoms with van der Waals surface area (Å²) in [5, 5.41) is 12.2. The summed E-state index contributed by atoms with van der Waals surface area (Å²) >= 11 is 0. The van der Waals surface area contributed by atoms with Gasteiger partial charge in [0.25, 0.3) is 0 Å². The third-order valence-corrected chi connectivity index (χ3v) is 7.62. The van der Waals surface area contributed by atoms with Gasteiger partial charge in [-0.2, -0.15) is 0 Å². The van der Waals surface area contributed by atoms with Gasteiger partial charge >= 0.3 is 0 Å². The smallest absolute Gasteiger partial charge is 0.231 e. The molecule has 194 valence electrons. The fourth-order valence-electron chi connectivity index (χ4n) is 6.00. The minimum atomic E-state index is -1.64. The maximum atomic E-state index is 12.2. The Kier molecular flexibility index (Phi) is 5.90. The number of likely N-dealkylation sites (N-methyl/N-ethyl adjacent to an activating group) is 1. The highest BCUT2D eigenvalue weighted by atomic mass is 16.7. The van der Waals surface area contributed by atoms with Crippen molar-refractivity contribution in [3.63, 3.8) is 0 Å². The second-order valence-electron chi connectivity index (χ2n) is 9.64. The van der Waals surface area contributed by atoms with Crippen molar-refractivity contribution < 1.29 is 33.5 Å². The average Bonchev–Trinajstić information content (AvgIpc) is 3.49. The highest BCUT2D eigenvalue weighted by Crippen LogP contribution is 2.59. The van der Waals surface area contributed by atoms with Crippen LogP contribution < -0.4 is 23.7 Å². The van der Waals surface area contributed by atoms with E-state index in [4.69, 9.17) is 28.4 Å². The van der Waals surface area contributed by atoms with Gasteiger partial charge < -0.3 is 33.5 Å². The lowest BCUT2D eigenvalue weighted by atomic mass is 9.84. The first-order valence-electron chi connectivity index (χ1n) is 12.4. The van der Waals surface area contributed by atoms with Crippen LogP contribution in [0, 0.1) is 0 Å². The van der Waals surface area contributed by atoms with Crippen LogP contribution in [-0.2, 0) is 23.4 Å². The van der Waals surface area contributed by atoms with Gasteiger partial charge in [-0.25, -0.2) is 0 Å². The lowest BCUT2D eigenvalue weighted by Gasteiger charge is -2.39. The molecule has 0 spiro atoms. The number of benzene rings is 3. The first-order chi connectivity index (χ1) is 18.0. The first kappa shape index (κ1) is 23.9. The molecule has 3 aliphatic rings. The summed E-state index contributed by atoms with van der Waals surface area (Å²) in [4.78, 5) is 2.24. The van der Waals surface area contributed by atoms with Crippen LogP contribution in [-0.4, -0.2) is 51.7 Å². The molecule has 0 fully saturated rings. The third kappa shape index (κ3) is 3.70. The predicted molar refractivity (Wildman–Crippen MR) is 136 cm³/mol. The fourth-order valence-corrected chi connectivity index (χ4v) is 6.00. The number of aliphatic hydroxyl groups is 1. The standard InChI is InChI=1S/C29H31NO7/c1-30-13-12-18-14-21-27(36-16-35-21)28(34-4)22(18)24(30)25-19-10-11-20(32-2)26(33-3)23(19)29(31,37-25)15-17-8-6-5-7-9-17/h5-11,14,24-25,31H,12-13,15-16H2,1-4H3/t24-,25+,29-/m1/s1. The molecule has 8 heteroatoms. The molecule has 0 aromatic heterocycles. The molecule has 1 N–H and O–H groups in total. The first-order valence-corrected chi connectivity index (χ1v) is 12.4. The number of nitrogens with zero attached hydrogens (tertiary/aromatic N) is 1. The lowest BCUT2D eigenvalue weighted by Crippen LogP contribution is -2.37. The maximum absolute atomic E-state index is 12.2. The summed E-state index contributed by atoms with van der Waals surface area (Å²) in [5.41, 5.74) is 4.48. The molecule has 3 atom stereocenters. The van der Waals surface area contributed by atoms with Gasteiger partial charge in [0, 0.05) is 18.5 Å². The summed E-state index contributed by atoms with van der Waals surface area (Å²) < 4.78 is 35.5. The van der Waals surface area contributed by atoms with E-state index in [2.05, 4.69) is 11.9 Å². The van der Waals surface area contributed by atoms with Gasteiger partial charge in [-0.05, 0) is 42.3 Å². The summed E-state index contributed by atoms with van der Waals surface area (Å²) in [6.45, 7) is 0.964. The molecule has 0 bridgehead atoms. The van der Waals surface area contributed by atoms with E-state index in [1.54, 1.807) is 21.3 Å². The normalized spacial score (nSPS) is 23.9. The predicted octanol–water partition coefficient (Wildman–Crippen LogP) is 4.13. The van der Waals surface area contributed by atoms with Gasteiger partial charge in [0.05, 0.1) is 32.9 Å². The molecule has 6 rings (SSSR count). The average molecular weight is 506 g/mol. The second-order valence-corrected chi connectivity index (χ2v) is 9.64. The number of hydrogen-bond acceptors (Lipinski definition) is 8. The molecule has 0 saturated carbocycles. The molecule has 3 aromatic rings. The van der Waals surface area contributed by atoms with E-state index >= 15 is 0 Å². The van der Waals surface area contributed by atoms with Gasteiger partial charge in [-0.15, -0.1) is 0 Å². The second kappa shape index (κ2) is 9.13. The van der Waals surface area contributed by atoms with Crippen molar-refractivity contribution in [2.45, 2.75) is 30.8 Å². The molecule has 3 aromatic carbocycles. The monoisotopic (exact) mass is 505 g/mol. The van der Waals surface area contributed by atoms with E-state index in [-0.39, 0.29) is 19.3 Å².